The first-order valence-electron chi connectivity index (χ1n) is 7.48. The minimum Gasteiger partial charge on any atom is -0.388 e. The number of rotatable bonds is 5. The van der Waals surface area contributed by atoms with Crippen molar-refractivity contribution in [3.63, 3.8) is 0 Å². The number of hydrogen-bond donors (Lipinski definition) is 2. The number of amides is 1. The third kappa shape index (κ3) is 3.19. The molecule has 4 nitrogen and oxygen atoms in total. The lowest BCUT2D eigenvalue weighted by Gasteiger charge is -2.30. The summed E-state index contributed by atoms with van der Waals surface area (Å²) in [4.78, 5) is 13.8. The Hall–Kier alpha value is -1.39. The third-order valence-electron chi connectivity index (χ3n) is 3.89. The van der Waals surface area contributed by atoms with E-state index in [0.29, 0.717) is 19.4 Å². The average Bonchev–Trinajstić information content (AvgIpc) is 2.50. The van der Waals surface area contributed by atoms with Crippen LogP contribution in [-0.2, 0) is 11.2 Å². The fourth-order valence-electron chi connectivity index (χ4n) is 2.75. The van der Waals surface area contributed by atoms with Gasteiger partial charge in [-0.05, 0) is 49.4 Å². The monoisotopic (exact) mass is 276 g/mol. The van der Waals surface area contributed by atoms with Crippen LogP contribution in [-0.4, -0.2) is 24.1 Å². The Kier molecular flexibility index (Phi) is 5.15. The van der Waals surface area contributed by atoms with E-state index in [1.54, 1.807) is 0 Å². The summed E-state index contributed by atoms with van der Waals surface area (Å²) in [5.74, 6) is 0.169. The van der Waals surface area contributed by atoms with Crippen molar-refractivity contribution in [2.75, 3.05) is 18.0 Å². The van der Waals surface area contributed by atoms with Crippen LogP contribution in [0.1, 0.15) is 49.8 Å². The first-order valence-corrected chi connectivity index (χ1v) is 7.48. The molecule has 0 aromatic heterocycles. The highest BCUT2D eigenvalue weighted by molar-refractivity contribution is 5.94. The van der Waals surface area contributed by atoms with E-state index in [1.165, 1.54) is 5.56 Å². The van der Waals surface area contributed by atoms with Crippen LogP contribution in [0.15, 0.2) is 18.2 Å². The molecule has 1 aliphatic heterocycles. The van der Waals surface area contributed by atoms with Gasteiger partial charge in [-0.25, -0.2) is 0 Å². The van der Waals surface area contributed by atoms with Gasteiger partial charge in [0.05, 0.1) is 6.10 Å². The van der Waals surface area contributed by atoms with Crippen LogP contribution in [0, 0.1) is 0 Å². The van der Waals surface area contributed by atoms with E-state index >= 15 is 0 Å². The van der Waals surface area contributed by atoms with E-state index < -0.39 is 6.10 Å². The summed E-state index contributed by atoms with van der Waals surface area (Å²) in [6, 6.07) is 5.95. The number of hydrogen-bond acceptors (Lipinski definition) is 3. The molecule has 3 N–H and O–H groups in total. The molecule has 1 aromatic carbocycles. The molecule has 1 aliphatic rings. The van der Waals surface area contributed by atoms with E-state index in [1.807, 2.05) is 30.0 Å². The molecule has 1 aromatic rings. The molecule has 0 radical (unpaired) electrons. The number of aliphatic hydroxyl groups excluding tert-OH is 1. The van der Waals surface area contributed by atoms with Gasteiger partial charge in [0.2, 0.25) is 5.91 Å². The molecule has 1 unspecified atom stereocenters. The predicted molar refractivity (Wildman–Crippen MR) is 80.7 cm³/mol. The van der Waals surface area contributed by atoms with Crippen molar-refractivity contribution in [3.05, 3.63) is 29.3 Å². The van der Waals surface area contributed by atoms with Crippen molar-refractivity contribution in [1.82, 2.24) is 0 Å². The predicted octanol–water partition coefficient (Wildman–Crippen LogP) is 2.15. The number of benzene rings is 1. The zero-order chi connectivity index (χ0) is 14.5. The normalized spacial score (nSPS) is 15.8. The van der Waals surface area contributed by atoms with Crippen LogP contribution in [0.2, 0.25) is 0 Å². The van der Waals surface area contributed by atoms with Crippen molar-refractivity contribution >= 4 is 11.6 Å². The fraction of sp³-hybridized carbons (Fsp3) is 0.562. The molecule has 1 heterocycles. The largest absolute Gasteiger partial charge is 0.388 e. The SMILES string of the molecule is CCC(=O)N1CCCc2cc(C(O)CCCN)ccc21. The number of carbonyl (C=O) groups excluding carboxylic acids is 1. The van der Waals surface area contributed by atoms with Crippen LogP contribution >= 0.6 is 0 Å². The number of aliphatic hydroxyl groups is 1. The minimum atomic E-state index is -0.457. The number of aryl methyl sites for hydroxylation is 1. The fourth-order valence-corrected chi connectivity index (χ4v) is 2.75. The summed E-state index contributed by atoms with van der Waals surface area (Å²) in [6.07, 6.45) is 3.54. The number of nitrogens with zero attached hydrogens (tertiary/aromatic N) is 1. The Morgan fingerprint density at radius 2 is 2.30 bits per heavy atom. The molecule has 0 saturated carbocycles. The summed E-state index contributed by atoms with van der Waals surface area (Å²) in [5, 5.41) is 10.1. The molecule has 0 aliphatic carbocycles. The zero-order valence-electron chi connectivity index (χ0n) is 12.1. The second-order valence-corrected chi connectivity index (χ2v) is 5.34. The topological polar surface area (TPSA) is 66.6 Å². The van der Waals surface area contributed by atoms with Crippen LogP contribution in [0.5, 0.6) is 0 Å². The number of fused-ring (bicyclic) bond motifs is 1. The van der Waals surface area contributed by atoms with Crippen LogP contribution < -0.4 is 10.6 Å². The van der Waals surface area contributed by atoms with Gasteiger partial charge >= 0.3 is 0 Å². The van der Waals surface area contributed by atoms with Crippen LogP contribution in [0.25, 0.3) is 0 Å². The van der Waals surface area contributed by atoms with Crippen molar-refractivity contribution in [2.45, 2.75) is 45.1 Å². The molecule has 1 amide bonds. The Bertz CT molecular complexity index is 474. The smallest absolute Gasteiger partial charge is 0.226 e. The maximum Gasteiger partial charge on any atom is 0.226 e. The van der Waals surface area contributed by atoms with E-state index in [4.69, 9.17) is 5.73 Å². The highest BCUT2D eigenvalue weighted by Crippen LogP contribution is 2.31. The number of anilines is 1. The maximum atomic E-state index is 12.0. The van der Waals surface area contributed by atoms with Crippen molar-refractivity contribution in [2.24, 2.45) is 5.73 Å². The van der Waals surface area contributed by atoms with Gasteiger partial charge in [-0.3, -0.25) is 4.79 Å². The second-order valence-electron chi connectivity index (χ2n) is 5.34. The highest BCUT2D eigenvalue weighted by atomic mass is 16.3. The van der Waals surface area contributed by atoms with Gasteiger partial charge in [0, 0.05) is 18.7 Å². The molecule has 2 rings (SSSR count). The lowest BCUT2D eigenvalue weighted by atomic mass is 9.95. The van der Waals surface area contributed by atoms with Gasteiger partial charge in [-0.15, -0.1) is 0 Å². The Morgan fingerprint density at radius 3 is 3.00 bits per heavy atom. The molecular formula is C16H24N2O2. The van der Waals surface area contributed by atoms with E-state index in [-0.39, 0.29) is 5.91 Å². The van der Waals surface area contributed by atoms with E-state index in [0.717, 1.165) is 37.1 Å². The van der Waals surface area contributed by atoms with Crippen molar-refractivity contribution in [1.29, 1.82) is 0 Å². The molecular weight excluding hydrogens is 252 g/mol. The number of carbonyl (C=O) groups is 1. The first-order chi connectivity index (χ1) is 9.67. The van der Waals surface area contributed by atoms with Crippen LogP contribution in [0.3, 0.4) is 0 Å². The Morgan fingerprint density at radius 1 is 1.50 bits per heavy atom. The molecule has 0 bridgehead atoms. The second kappa shape index (κ2) is 6.86. The van der Waals surface area contributed by atoms with Gasteiger partial charge in [0.15, 0.2) is 0 Å². The molecule has 0 saturated heterocycles. The molecule has 1 atom stereocenters. The van der Waals surface area contributed by atoms with Crippen molar-refractivity contribution < 1.29 is 9.90 Å². The Balaban J connectivity index is 2.20. The van der Waals surface area contributed by atoms with E-state index in [2.05, 4.69) is 0 Å². The maximum absolute atomic E-state index is 12.0. The lowest BCUT2D eigenvalue weighted by molar-refractivity contribution is -0.118. The van der Waals surface area contributed by atoms with Gasteiger partial charge in [-0.1, -0.05) is 19.1 Å². The average molecular weight is 276 g/mol. The summed E-state index contributed by atoms with van der Waals surface area (Å²) in [7, 11) is 0. The highest BCUT2D eigenvalue weighted by Gasteiger charge is 2.22. The summed E-state index contributed by atoms with van der Waals surface area (Å²) >= 11 is 0. The summed E-state index contributed by atoms with van der Waals surface area (Å²) in [6.45, 7) is 3.29. The molecule has 20 heavy (non-hydrogen) atoms. The molecule has 4 heteroatoms. The Labute approximate surface area is 120 Å². The molecule has 110 valence electrons. The van der Waals surface area contributed by atoms with E-state index in [9.17, 15) is 9.90 Å². The minimum absolute atomic E-state index is 0.169. The molecule has 0 fully saturated rings. The van der Waals surface area contributed by atoms with Gasteiger partial charge in [0.25, 0.3) is 0 Å². The standard InChI is InChI=1S/C16H24N2O2/c1-2-16(20)18-10-4-5-12-11-13(7-8-14(12)18)15(19)6-3-9-17/h7-8,11,15,19H,2-6,9-10,17H2,1H3. The third-order valence-corrected chi connectivity index (χ3v) is 3.89. The molecule has 0 spiro atoms. The zero-order valence-corrected chi connectivity index (χ0v) is 12.1. The van der Waals surface area contributed by atoms with Gasteiger partial charge in [0.1, 0.15) is 0 Å². The quantitative estimate of drug-likeness (QED) is 0.866. The van der Waals surface area contributed by atoms with Gasteiger partial charge < -0.3 is 15.7 Å². The van der Waals surface area contributed by atoms with Gasteiger partial charge in [-0.2, -0.15) is 0 Å². The lowest BCUT2D eigenvalue weighted by Crippen LogP contribution is -2.34. The summed E-state index contributed by atoms with van der Waals surface area (Å²) < 4.78 is 0. The van der Waals surface area contributed by atoms with Crippen LogP contribution in [0.4, 0.5) is 5.69 Å². The first kappa shape index (κ1) is 15.0. The number of nitrogens with two attached hydrogens (primary N) is 1. The summed E-state index contributed by atoms with van der Waals surface area (Å²) in [5.41, 5.74) is 8.59. The van der Waals surface area contributed by atoms with Crippen molar-refractivity contribution in [3.8, 4) is 0 Å².